The van der Waals surface area contributed by atoms with Gasteiger partial charge in [0.05, 0.1) is 12.8 Å². The molecule has 0 fully saturated rings. The van der Waals surface area contributed by atoms with E-state index in [9.17, 15) is 4.57 Å². The van der Waals surface area contributed by atoms with Gasteiger partial charge in [-0.1, -0.05) is 87.4 Å². The van der Waals surface area contributed by atoms with Crippen LogP contribution >= 0.6 is 7.60 Å². The van der Waals surface area contributed by atoms with Crippen molar-refractivity contribution in [2.24, 2.45) is 0 Å². The summed E-state index contributed by atoms with van der Waals surface area (Å²) in [5.74, 6) is 5.77. The van der Waals surface area contributed by atoms with Gasteiger partial charge in [-0.25, -0.2) is 0 Å². The predicted octanol–water partition coefficient (Wildman–Crippen LogP) is 3.13. The highest BCUT2D eigenvalue weighted by atomic mass is 31.2. The molecule has 0 heterocycles. The van der Waals surface area contributed by atoms with Crippen molar-refractivity contribution in [1.82, 2.24) is 0 Å². The van der Waals surface area contributed by atoms with Crippen LogP contribution in [0.2, 0.25) is 5.04 Å². The molecule has 27 heavy (non-hydrogen) atoms. The first kappa shape index (κ1) is 21.6. The molecule has 2 aromatic carbocycles. The zero-order valence-electron chi connectivity index (χ0n) is 16.1. The van der Waals surface area contributed by atoms with E-state index in [0.29, 0.717) is 0 Å². The molecule has 4 nitrogen and oxygen atoms in total. The van der Waals surface area contributed by atoms with Crippen LogP contribution < -0.4 is 10.4 Å². The third-order valence-electron chi connectivity index (χ3n) is 4.43. The number of hydrogen-bond donors (Lipinski definition) is 2. The van der Waals surface area contributed by atoms with Gasteiger partial charge < -0.3 is 14.2 Å². The first-order valence-corrected chi connectivity index (χ1v) is 12.6. The zero-order chi connectivity index (χ0) is 20.0. The summed E-state index contributed by atoms with van der Waals surface area (Å²) in [6.07, 6.45) is -0.0619. The lowest BCUT2D eigenvalue weighted by Gasteiger charge is -2.42. The molecule has 6 heteroatoms. The molecular formula is C21H27O4PSi. The Morgan fingerprint density at radius 2 is 1.41 bits per heavy atom. The average Bonchev–Trinajstić information content (AvgIpc) is 2.61. The van der Waals surface area contributed by atoms with Crippen molar-refractivity contribution in [3.8, 4) is 11.8 Å². The number of hydrogen-bond acceptors (Lipinski definition) is 2. The lowest BCUT2D eigenvalue weighted by molar-refractivity contribution is 0.346. The number of benzene rings is 2. The van der Waals surface area contributed by atoms with Crippen LogP contribution in [0, 0.1) is 11.8 Å². The van der Waals surface area contributed by atoms with Crippen molar-refractivity contribution in [2.45, 2.75) is 32.2 Å². The van der Waals surface area contributed by atoms with E-state index in [1.54, 1.807) is 0 Å². The van der Waals surface area contributed by atoms with Crippen molar-refractivity contribution in [3.05, 3.63) is 60.7 Å². The molecule has 0 atom stereocenters. The van der Waals surface area contributed by atoms with Gasteiger partial charge in [0.25, 0.3) is 8.32 Å². The maximum atomic E-state index is 10.9. The SMILES string of the molecule is CC(C)(C)[Si](OCC#CCCP(=O)(O)O)(c1ccccc1)c1ccccc1. The summed E-state index contributed by atoms with van der Waals surface area (Å²) in [5, 5.41) is 2.24. The van der Waals surface area contributed by atoms with E-state index in [0.717, 1.165) is 0 Å². The van der Waals surface area contributed by atoms with Crippen LogP contribution in [-0.2, 0) is 8.99 Å². The average molecular weight is 403 g/mol. The standard InChI is InChI=1S/C21H27O4PSi/c1-21(2,3)27(19-13-7-4-8-14-19,20-15-9-5-10-16-20)25-17-11-6-12-18-26(22,23)24/h4-5,7-10,13-16H,12,17-18H2,1-3H3,(H2,22,23,24). The maximum Gasteiger partial charge on any atom is 0.326 e. The molecule has 0 aliphatic heterocycles. The summed E-state index contributed by atoms with van der Waals surface area (Å²) >= 11 is 0. The summed E-state index contributed by atoms with van der Waals surface area (Å²) < 4.78 is 17.5. The molecule has 0 spiro atoms. The molecule has 2 N–H and O–H groups in total. The van der Waals surface area contributed by atoms with Gasteiger partial charge in [0, 0.05) is 6.42 Å². The van der Waals surface area contributed by atoms with Gasteiger partial charge in [-0.3, -0.25) is 4.57 Å². The summed E-state index contributed by atoms with van der Waals surface area (Å²) in [6, 6.07) is 20.6. The van der Waals surface area contributed by atoms with E-state index in [-0.39, 0.29) is 24.2 Å². The minimum absolute atomic E-state index is 0.122. The van der Waals surface area contributed by atoms with Crippen LogP contribution in [0.1, 0.15) is 27.2 Å². The summed E-state index contributed by atoms with van der Waals surface area (Å²) in [6.45, 7) is 6.82. The van der Waals surface area contributed by atoms with Crippen molar-refractivity contribution in [1.29, 1.82) is 0 Å². The molecule has 0 aliphatic carbocycles. The van der Waals surface area contributed by atoms with Gasteiger partial charge in [0.15, 0.2) is 0 Å². The van der Waals surface area contributed by atoms with Crippen molar-refractivity contribution >= 4 is 26.3 Å². The second-order valence-electron chi connectivity index (χ2n) is 7.44. The van der Waals surface area contributed by atoms with E-state index in [1.165, 1.54) is 10.4 Å². The molecule has 144 valence electrons. The van der Waals surface area contributed by atoms with Gasteiger partial charge in [-0.05, 0) is 15.4 Å². The van der Waals surface area contributed by atoms with Gasteiger partial charge in [0.2, 0.25) is 0 Å². The second-order valence-corrected chi connectivity index (χ2v) is 13.5. The topological polar surface area (TPSA) is 66.8 Å². The second kappa shape index (κ2) is 9.01. The molecule has 0 bridgehead atoms. The Bertz CT molecular complexity index is 790. The molecule has 0 saturated heterocycles. The zero-order valence-corrected chi connectivity index (χ0v) is 17.9. The molecule has 0 aromatic heterocycles. The summed E-state index contributed by atoms with van der Waals surface area (Å²) in [5.41, 5.74) is 0. The minimum Gasteiger partial charge on any atom is -0.396 e. The minimum atomic E-state index is -4.00. The summed E-state index contributed by atoms with van der Waals surface area (Å²) in [4.78, 5) is 17.9. The lowest BCUT2D eigenvalue weighted by atomic mass is 10.2. The third kappa shape index (κ3) is 5.65. The Morgan fingerprint density at radius 1 is 0.926 bits per heavy atom. The normalized spacial score (nSPS) is 12.3. The molecule has 0 radical (unpaired) electrons. The molecule has 0 unspecified atom stereocenters. The van der Waals surface area contributed by atoms with Crippen LogP contribution in [-0.4, -0.2) is 30.9 Å². The van der Waals surface area contributed by atoms with Gasteiger partial charge in [0.1, 0.15) is 0 Å². The molecule has 0 aliphatic rings. The van der Waals surface area contributed by atoms with E-state index < -0.39 is 15.9 Å². The predicted molar refractivity (Wildman–Crippen MR) is 113 cm³/mol. The van der Waals surface area contributed by atoms with E-state index in [1.807, 2.05) is 36.4 Å². The maximum absolute atomic E-state index is 10.9. The van der Waals surface area contributed by atoms with Crippen LogP contribution in [0.5, 0.6) is 0 Å². The first-order chi connectivity index (χ1) is 12.7. The fourth-order valence-electron chi connectivity index (χ4n) is 3.25. The van der Waals surface area contributed by atoms with E-state index >= 15 is 0 Å². The Morgan fingerprint density at radius 3 is 1.81 bits per heavy atom. The van der Waals surface area contributed by atoms with Crippen molar-refractivity contribution in [2.75, 3.05) is 12.8 Å². The highest BCUT2D eigenvalue weighted by molar-refractivity contribution is 7.51. The molecule has 2 rings (SSSR count). The Kier molecular flexibility index (Phi) is 7.22. The Labute approximate surface area is 162 Å². The van der Waals surface area contributed by atoms with Crippen LogP contribution in [0.3, 0.4) is 0 Å². The molecule has 2 aromatic rings. The van der Waals surface area contributed by atoms with Gasteiger partial charge >= 0.3 is 7.60 Å². The highest BCUT2D eigenvalue weighted by Gasteiger charge is 2.49. The first-order valence-electron chi connectivity index (χ1n) is 8.92. The number of rotatable bonds is 6. The van der Waals surface area contributed by atoms with Crippen LogP contribution in [0.25, 0.3) is 0 Å². The van der Waals surface area contributed by atoms with E-state index in [4.69, 9.17) is 14.2 Å². The fourth-order valence-corrected chi connectivity index (χ4v) is 8.09. The van der Waals surface area contributed by atoms with Crippen molar-refractivity contribution in [3.63, 3.8) is 0 Å². The van der Waals surface area contributed by atoms with E-state index in [2.05, 4.69) is 56.9 Å². The van der Waals surface area contributed by atoms with Crippen LogP contribution in [0.4, 0.5) is 0 Å². The highest BCUT2D eigenvalue weighted by Crippen LogP contribution is 2.36. The van der Waals surface area contributed by atoms with Crippen LogP contribution in [0.15, 0.2) is 60.7 Å². The van der Waals surface area contributed by atoms with Gasteiger partial charge in [-0.15, -0.1) is 5.92 Å². The Hall–Kier alpha value is -1.67. The Balaban J connectivity index is 2.36. The van der Waals surface area contributed by atoms with Gasteiger partial charge in [-0.2, -0.15) is 0 Å². The summed E-state index contributed by atoms with van der Waals surface area (Å²) in [7, 11) is -6.61. The molecular weight excluding hydrogens is 375 g/mol. The van der Waals surface area contributed by atoms with Crippen molar-refractivity contribution < 1.29 is 18.8 Å². The lowest BCUT2D eigenvalue weighted by Crippen LogP contribution is -2.66. The fraction of sp³-hybridized carbons (Fsp3) is 0.333. The molecule has 0 saturated carbocycles. The quantitative estimate of drug-likeness (QED) is 0.443. The smallest absolute Gasteiger partial charge is 0.326 e. The monoisotopic (exact) mass is 402 g/mol. The largest absolute Gasteiger partial charge is 0.396 e. The third-order valence-corrected chi connectivity index (χ3v) is 10.2. The molecule has 0 amide bonds.